The number of aryl methyl sites for hydroxylation is 2. The highest BCUT2D eigenvalue weighted by atomic mass is 32.2. The second-order valence-electron chi connectivity index (χ2n) is 6.60. The van der Waals surface area contributed by atoms with Gasteiger partial charge in [0, 0.05) is 50.5 Å². The molecule has 1 aromatic carbocycles. The van der Waals surface area contributed by atoms with Gasteiger partial charge < -0.3 is 0 Å². The van der Waals surface area contributed by atoms with E-state index in [1.54, 1.807) is 0 Å². The highest BCUT2D eigenvalue weighted by molar-refractivity contribution is 7.89. The topological polar surface area (TPSA) is 58.4 Å². The van der Waals surface area contributed by atoms with Gasteiger partial charge in [-0.15, -0.1) is 0 Å². The van der Waals surface area contributed by atoms with Crippen molar-refractivity contribution in [2.45, 2.75) is 38.8 Å². The lowest BCUT2D eigenvalue weighted by Crippen LogP contribution is -2.48. The van der Waals surface area contributed by atoms with Crippen LogP contribution in [0.1, 0.15) is 23.9 Å². The van der Waals surface area contributed by atoms with Crippen LogP contribution in [0.25, 0.3) is 0 Å². The van der Waals surface area contributed by atoms with Gasteiger partial charge >= 0.3 is 0 Å². The van der Waals surface area contributed by atoms with E-state index in [1.165, 1.54) is 33.8 Å². The maximum Gasteiger partial charge on any atom is 0.243 e. The minimum Gasteiger partial charge on any atom is -0.296 e. The fourth-order valence-electron chi connectivity index (χ4n) is 3.40. The quantitative estimate of drug-likeness (QED) is 0.798. The van der Waals surface area contributed by atoms with Crippen LogP contribution in [0.4, 0.5) is 4.39 Å². The monoisotopic (exact) mass is 380 g/mol. The third kappa shape index (κ3) is 3.67. The van der Waals surface area contributed by atoms with Crippen molar-refractivity contribution >= 4 is 10.0 Å². The Kier molecular flexibility index (Phi) is 5.45. The molecule has 2 heterocycles. The van der Waals surface area contributed by atoms with E-state index in [2.05, 4.69) is 23.8 Å². The van der Waals surface area contributed by atoms with Crippen LogP contribution in [0, 0.1) is 19.7 Å². The molecule has 0 bridgehead atoms. The SMILES string of the molecule is CCn1nc(C)c(CN2CCN(S(=O)(=O)c3cccc(F)c3)CC2)c1C. The first-order valence-corrected chi connectivity index (χ1v) is 10.3. The number of piperazine rings is 1. The van der Waals surface area contributed by atoms with Crippen LogP contribution in [0.2, 0.25) is 0 Å². The average Bonchev–Trinajstić information content (AvgIpc) is 2.90. The van der Waals surface area contributed by atoms with Gasteiger partial charge in [0.25, 0.3) is 0 Å². The first kappa shape index (κ1) is 19.0. The summed E-state index contributed by atoms with van der Waals surface area (Å²) in [5, 5.41) is 4.54. The minimum atomic E-state index is -3.65. The second-order valence-corrected chi connectivity index (χ2v) is 8.54. The summed E-state index contributed by atoms with van der Waals surface area (Å²) in [6, 6.07) is 5.19. The van der Waals surface area contributed by atoms with Crippen LogP contribution in [0.3, 0.4) is 0 Å². The van der Waals surface area contributed by atoms with Crippen LogP contribution in [-0.2, 0) is 23.1 Å². The van der Waals surface area contributed by atoms with Crippen LogP contribution >= 0.6 is 0 Å². The molecule has 3 rings (SSSR count). The minimum absolute atomic E-state index is 0.0156. The van der Waals surface area contributed by atoms with Crippen molar-refractivity contribution in [2.24, 2.45) is 0 Å². The van der Waals surface area contributed by atoms with Crippen molar-refractivity contribution in [3.63, 3.8) is 0 Å². The lowest BCUT2D eigenvalue weighted by atomic mass is 10.1. The zero-order valence-corrected chi connectivity index (χ0v) is 16.3. The molecule has 0 aliphatic carbocycles. The van der Waals surface area contributed by atoms with E-state index in [4.69, 9.17) is 0 Å². The number of rotatable bonds is 5. The van der Waals surface area contributed by atoms with Gasteiger partial charge in [-0.25, -0.2) is 12.8 Å². The third-order valence-corrected chi connectivity index (χ3v) is 6.87. The number of nitrogens with zero attached hydrogens (tertiary/aromatic N) is 4. The molecule has 0 unspecified atom stereocenters. The molecule has 0 atom stereocenters. The van der Waals surface area contributed by atoms with E-state index in [9.17, 15) is 12.8 Å². The molecular formula is C18H25FN4O2S. The molecule has 0 radical (unpaired) electrons. The predicted molar refractivity (Wildman–Crippen MR) is 97.8 cm³/mol. The lowest BCUT2D eigenvalue weighted by molar-refractivity contribution is 0.181. The van der Waals surface area contributed by atoms with Gasteiger partial charge in [0.05, 0.1) is 10.6 Å². The van der Waals surface area contributed by atoms with Gasteiger partial charge in [-0.05, 0) is 39.0 Å². The summed E-state index contributed by atoms with van der Waals surface area (Å²) in [5.74, 6) is -0.538. The van der Waals surface area contributed by atoms with Crippen LogP contribution in [0.15, 0.2) is 29.2 Å². The summed E-state index contributed by atoms with van der Waals surface area (Å²) < 4.78 is 42.2. The molecule has 0 saturated carbocycles. The van der Waals surface area contributed by atoms with Crippen molar-refractivity contribution < 1.29 is 12.8 Å². The first-order chi connectivity index (χ1) is 12.3. The van der Waals surface area contributed by atoms with Gasteiger partial charge in [-0.2, -0.15) is 9.40 Å². The predicted octanol–water partition coefficient (Wildman–Crippen LogP) is 2.17. The van der Waals surface area contributed by atoms with Crippen molar-refractivity contribution in [3.8, 4) is 0 Å². The van der Waals surface area contributed by atoms with Gasteiger partial charge in [0.15, 0.2) is 0 Å². The number of sulfonamides is 1. The summed E-state index contributed by atoms with van der Waals surface area (Å²) >= 11 is 0. The molecule has 0 N–H and O–H groups in total. The summed E-state index contributed by atoms with van der Waals surface area (Å²) in [6.45, 7) is 9.85. The number of hydrogen-bond acceptors (Lipinski definition) is 4. The Labute approximate surface area is 154 Å². The van der Waals surface area contributed by atoms with Gasteiger partial charge in [0.2, 0.25) is 10.0 Å². The fourth-order valence-corrected chi connectivity index (χ4v) is 4.85. The number of hydrogen-bond donors (Lipinski definition) is 0. The standard InChI is InChI=1S/C18H25FN4O2S/c1-4-23-15(3)18(14(2)20-23)13-21-8-10-22(11-9-21)26(24,25)17-7-5-6-16(19)12-17/h5-7,12H,4,8-11,13H2,1-3H3. The molecule has 1 aliphatic rings. The van der Waals surface area contributed by atoms with E-state index in [-0.39, 0.29) is 4.90 Å². The summed E-state index contributed by atoms with van der Waals surface area (Å²) in [7, 11) is -3.65. The molecule has 26 heavy (non-hydrogen) atoms. The molecule has 8 heteroatoms. The van der Waals surface area contributed by atoms with Crippen LogP contribution < -0.4 is 0 Å². The lowest BCUT2D eigenvalue weighted by Gasteiger charge is -2.34. The van der Waals surface area contributed by atoms with Gasteiger partial charge in [-0.3, -0.25) is 9.58 Å². The van der Waals surface area contributed by atoms with E-state index in [0.29, 0.717) is 26.2 Å². The molecule has 2 aromatic rings. The fraction of sp³-hybridized carbons (Fsp3) is 0.500. The van der Waals surface area contributed by atoms with Crippen molar-refractivity contribution in [2.75, 3.05) is 26.2 Å². The third-order valence-electron chi connectivity index (χ3n) is 4.98. The molecule has 1 fully saturated rings. The Morgan fingerprint density at radius 2 is 1.85 bits per heavy atom. The van der Waals surface area contributed by atoms with Crippen LogP contribution in [0.5, 0.6) is 0 Å². The van der Waals surface area contributed by atoms with E-state index in [0.717, 1.165) is 24.8 Å². The molecule has 0 spiro atoms. The number of halogens is 1. The Hall–Kier alpha value is -1.77. The molecule has 1 aromatic heterocycles. The van der Waals surface area contributed by atoms with Crippen molar-refractivity contribution in [1.29, 1.82) is 0 Å². The molecule has 0 amide bonds. The second kappa shape index (κ2) is 7.46. The molecular weight excluding hydrogens is 355 g/mol. The maximum atomic E-state index is 13.4. The Morgan fingerprint density at radius 1 is 1.15 bits per heavy atom. The van der Waals surface area contributed by atoms with Crippen molar-refractivity contribution in [1.82, 2.24) is 19.0 Å². The largest absolute Gasteiger partial charge is 0.296 e. The summed E-state index contributed by atoms with van der Waals surface area (Å²) in [4.78, 5) is 2.26. The van der Waals surface area contributed by atoms with E-state index < -0.39 is 15.8 Å². The van der Waals surface area contributed by atoms with Gasteiger partial charge in [0.1, 0.15) is 5.82 Å². The molecule has 1 aliphatic heterocycles. The van der Waals surface area contributed by atoms with Crippen molar-refractivity contribution in [3.05, 3.63) is 47.0 Å². The zero-order chi connectivity index (χ0) is 18.9. The van der Waals surface area contributed by atoms with E-state index in [1.807, 2.05) is 11.6 Å². The maximum absolute atomic E-state index is 13.4. The molecule has 142 valence electrons. The normalized spacial score (nSPS) is 16.9. The first-order valence-electron chi connectivity index (χ1n) is 8.84. The zero-order valence-electron chi connectivity index (χ0n) is 15.4. The van der Waals surface area contributed by atoms with Gasteiger partial charge in [-0.1, -0.05) is 6.07 Å². The highest BCUT2D eigenvalue weighted by Crippen LogP contribution is 2.21. The van der Waals surface area contributed by atoms with E-state index >= 15 is 0 Å². The van der Waals surface area contributed by atoms with Crippen LogP contribution in [-0.4, -0.2) is 53.6 Å². The molecule has 1 saturated heterocycles. The number of benzene rings is 1. The Bertz CT molecular complexity index is 887. The molecule has 6 nitrogen and oxygen atoms in total. The smallest absolute Gasteiger partial charge is 0.243 e. The Balaban J connectivity index is 1.67. The average molecular weight is 380 g/mol. The summed E-state index contributed by atoms with van der Waals surface area (Å²) in [6.07, 6.45) is 0. The Morgan fingerprint density at radius 3 is 2.42 bits per heavy atom. The number of aromatic nitrogens is 2. The highest BCUT2D eigenvalue weighted by Gasteiger charge is 2.29. The summed E-state index contributed by atoms with van der Waals surface area (Å²) in [5.41, 5.74) is 3.41.